The zero-order valence-electron chi connectivity index (χ0n) is 14.9. The topological polar surface area (TPSA) is 74.7 Å². The van der Waals surface area contributed by atoms with Crippen LogP contribution in [0.5, 0.6) is 11.5 Å². The van der Waals surface area contributed by atoms with E-state index in [-0.39, 0.29) is 17.5 Å². The number of alkyl halides is 1. The number of benzene rings is 2. The van der Waals surface area contributed by atoms with Crippen LogP contribution in [-0.2, 0) is 0 Å². The van der Waals surface area contributed by atoms with E-state index in [0.717, 1.165) is 4.43 Å². The summed E-state index contributed by atoms with van der Waals surface area (Å²) >= 11 is 2.22. The van der Waals surface area contributed by atoms with Crippen LogP contribution >= 0.6 is 22.6 Å². The monoisotopic (exact) mass is 483 g/mol. The molecule has 3 aromatic rings. The lowest BCUT2D eigenvalue weighted by Crippen LogP contribution is -2.12. The molecule has 7 heteroatoms. The summed E-state index contributed by atoms with van der Waals surface area (Å²) in [5.74, 6) is 0.320. The molecule has 0 fully saturated rings. The second-order valence-corrected chi connectivity index (χ2v) is 7.26. The van der Waals surface area contributed by atoms with Crippen molar-refractivity contribution >= 4 is 39.5 Å². The van der Waals surface area contributed by atoms with Gasteiger partial charge in [-0.1, -0.05) is 22.6 Å². The number of hydrogen-bond acceptors (Lipinski definition) is 4. The van der Waals surface area contributed by atoms with Gasteiger partial charge >= 0.3 is 0 Å². The summed E-state index contributed by atoms with van der Waals surface area (Å²) in [6, 6.07) is 9.08. The molecule has 3 rings (SSSR count). The maximum Gasteiger partial charge on any atom is 0.253 e. The molecule has 0 aliphatic carbocycles. The largest absolute Gasteiger partial charge is 0.489 e. The molecule has 2 N–H and O–H groups in total. The van der Waals surface area contributed by atoms with E-state index in [4.69, 9.17) is 19.6 Å². The predicted octanol–water partition coefficient (Wildman–Crippen LogP) is 4.94. The SMILES string of the molecule is CC(C)Oc1cc2c(C(N)=O)c(-c3ccc(F)cc3)oc2cc1OCCI. The van der Waals surface area contributed by atoms with E-state index in [2.05, 4.69) is 22.6 Å². The highest BCUT2D eigenvalue weighted by Crippen LogP contribution is 2.40. The number of amides is 1. The Hall–Kier alpha value is -2.29. The van der Waals surface area contributed by atoms with Gasteiger partial charge in [-0.05, 0) is 44.2 Å². The van der Waals surface area contributed by atoms with Gasteiger partial charge in [0.1, 0.15) is 17.2 Å². The normalized spacial score (nSPS) is 11.1. The van der Waals surface area contributed by atoms with Crippen LogP contribution in [0, 0.1) is 5.82 Å². The molecule has 1 amide bonds. The zero-order valence-corrected chi connectivity index (χ0v) is 17.1. The number of primary amides is 1. The minimum Gasteiger partial charge on any atom is -0.489 e. The van der Waals surface area contributed by atoms with Crippen molar-refractivity contribution in [3.05, 3.63) is 47.8 Å². The first-order valence-electron chi connectivity index (χ1n) is 8.42. The van der Waals surface area contributed by atoms with Crippen molar-refractivity contribution in [2.45, 2.75) is 20.0 Å². The summed E-state index contributed by atoms with van der Waals surface area (Å²) in [6.45, 7) is 4.32. The van der Waals surface area contributed by atoms with Crippen LogP contribution in [0.15, 0.2) is 40.8 Å². The Balaban J connectivity index is 2.21. The van der Waals surface area contributed by atoms with Gasteiger partial charge in [-0.2, -0.15) is 0 Å². The van der Waals surface area contributed by atoms with Crippen molar-refractivity contribution in [3.63, 3.8) is 0 Å². The molecule has 142 valence electrons. The molecule has 27 heavy (non-hydrogen) atoms. The summed E-state index contributed by atoms with van der Waals surface area (Å²) in [6.07, 6.45) is -0.0788. The molecule has 0 aliphatic rings. The molecule has 0 bridgehead atoms. The highest BCUT2D eigenvalue weighted by molar-refractivity contribution is 14.1. The summed E-state index contributed by atoms with van der Waals surface area (Å²) in [4.78, 5) is 12.1. The number of nitrogens with two attached hydrogens (primary N) is 1. The first-order valence-corrected chi connectivity index (χ1v) is 9.95. The van der Waals surface area contributed by atoms with Crippen LogP contribution in [0.3, 0.4) is 0 Å². The van der Waals surface area contributed by atoms with E-state index in [0.29, 0.717) is 40.4 Å². The number of ether oxygens (including phenoxy) is 2. The van der Waals surface area contributed by atoms with Gasteiger partial charge in [-0.3, -0.25) is 4.79 Å². The van der Waals surface area contributed by atoms with E-state index in [1.165, 1.54) is 12.1 Å². The van der Waals surface area contributed by atoms with Gasteiger partial charge in [0.25, 0.3) is 5.91 Å². The standard InChI is InChI=1S/C20H19FINO4/c1-11(2)26-17-9-14-15(10-16(17)25-8-7-22)27-19(18(14)20(23)24)12-3-5-13(21)6-4-12/h3-6,9-11H,7-8H2,1-2H3,(H2,23,24). The number of rotatable bonds is 7. The maximum atomic E-state index is 13.3. The van der Waals surface area contributed by atoms with E-state index in [1.54, 1.807) is 24.3 Å². The smallest absolute Gasteiger partial charge is 0.253 e. The summed E-state index contributed by atoms with van der Waals surface area (Å²) in [5, 5.41) is 0.527. The molecule has 1 heterocycles. The Morgan fingerprint density at radius 3 is 2.52 bits per heavy atom. The number of hydrogen-bond donors (Lipinski definition) is 1. The Bertz CT molecular complexity index is 966. The fourth-order valence-corrected chi connectivity index (χ4v) is 2.98. The average molecular weight is 483 g/mol. The molecule has 0 radical (unpaired) electrons. The molecule has 0 saturated heterocycles. The third kappa shape index (κ3) is 4.18. The van der Waals surface area contributed by atoms with E-state index in [1.807, 2.05) is 13.8 Å². The van der Waals surface area contributed by atoms with Crippen molar-refractivity contribution in [1.29, 1.82) is 0 Å². The summed E-state index contributed by atoms with van der Waals surface area (Å²) in [5.41, 5.74) is 6.85. The minimum atomic E-state index is -0.635. The van der Waals surface area contributed by atoms with Gasteiger partial charge < -0.3 is 19.6 Å². The Labute approximate surface area is 169 Å². The fourth-order valence-electron chi connectivity index (χ4n) is 2.76. The third-order valence-corrected chi connectivity index (χ3v) is 4.24. The van der Waals surface area contributed by atoms with E-state index < -0.39 is 5.91 Å². The van der Waals surface area contributed by atoms with E-state index in [9.17, 15) is 9.18 Å². The molecule has 0 aliphatic heterocycles. The Morgan fingerprint density at radius 2 is 1.93 bits per heavy atom. The Morgan fingerprint density at radius 1 is 1.22 bits per heavy atom. The molecule has 5 nitrogen and oxygen atoms in total. The zero-order chi connectivity index (χ0) is 19.6. The minimum absolute atomic E-state index is 0.0788. The molecular weight excluding hydrogens is 464 g/mol. The fraction of sp³-hybridized carbons (Fsp3) is 0.250. The second kappa shape index (κ2) is 8.16. The number of halogens is 2. The lowest BCUT2D eigenvalue weighted by atomic mass is 10.0. The number of carbonyl (C=O) groups excluding carboxylic acids is 1. The van der Waals surface area contributed by atoms with Gasteiger partial charge in [0.15, 0.2) is 11.5 Å². The van der Waals surface area contributed by atoms with Crippen LogP contribution in [-0.4, -0.2) is 23.0 Å². The lowest BCUT2D eigenvalue weighted by molar-refractivity contribution is 0.100. The molecule has 2 aromatic carbocycles. The highest BCUT2D eigenvalue weighted by atomic mass is 127. The van der Waals surface area contributed by atoms with E-state index >= 15 is 0 Å². The van der Waals surface area contributed by atoms with Crippen LogP contribution in [0.4, 0.5) is 4.39 Å². The van der Waals surface area contributed by atoms with Crippen LogP contribution in [0.1, 0.15) is 24.2 Å². The molecule has 0 unspecified atom stereocenters. The molecular formula is C20H19FINO4. The average Bonchev–Trinajstić information content (AvgIpc) is 2.98. The molecule has 0 saturated carbocycles. The molecule has 0 spiro atoms. The van der Waals surface area contributed by atoms with Crippen LogP contribution < -0.4 is 15.2 Å². The number of furan rings is 1. The van der Waals surface area contributed by atoms with Crippen molar-refractivity contribution < 1.29 is 23.1 Å². The number of carbonyl (C=O) groups is 1. The quantitative estimate of drug-likeness (QED) is 0.382. The predicted molar refractivity (Wildman–Crippen MR) is 110 cm³/mol. The van der Waals surface area contributed by atoms with Gasteiger partial charge in [0, 0.05) is 21.4 Å². The second-order valence-electron chi connectivity index (χ2n) is 6.18. The van der Waals surface area contributed by atoms with Gasteiger partial charge in [0.05, 0.1) is 18.3 Å². The van der Waals surface area contributed by atoms with Crippen LogP contribution in [0.25, 0.3) is 22.3 Å². The first-order chi connectivity index (χ1) is 12.9. The molecule has 0 atom stereocenters. The third-order valence-electron chi connectivity index (χ3n) is 3.80. The van der Waals surface area contributed by atoms with Crippen LogP contribution in [0.2, 0.25) is 0 Å². The van der Waals surface area contributed by atoms with Gasteiger partial charge in [-0.15, -0.1) is 0 Å². The summed E-state index contributed by atoms with van der Waals surface area (Å²) in [7, 11) is 0. The number of fused-ring (bicyclic) bond motifs is 1. The van der Waals surface area contributed by atoms with Crippen molar-refractivity contribution in [3.8, 4) is 22.8 Å². The van der Waals surface area contributed by atoms with Crippen molar-refractivity contribution in [2.24, 2.45) is 5.73 Å². The maximum absolute atomic E-state index is 13.3. The highest BCUT2D eigenvalue weighted by Gasteiger charge is 2.23. The summed E-state index contributed by atoms with van der Waals surface area (Å²) < 4.78 is 31.6. The van der Waals surface area contributed by atoms with Crippen molar-refractivity contribution in [1.82, 2.24) is 0 Å². The Kier molecular flexibility index (Phi) is 5.88. The molecule has 1 aromatic heterocycles. The first kappa shape index (κ1) is 19.5. The lowest BCUT2D eigenvalue weighted by Gasteiger charge is -2.14. The van der Waals surface area contributed by atoms with Gasteiger partial charge in [-0.25, -0.2) is 4.39 Å². The van der Waals surface area contributed by atoms with Gasteiger partial charge in [0.2, 0.25) is 0 Å². The van der Waals surface area contributed by atoms with Crippen molar-refractivity contribution in [2.75, 3.05) is 11.0 Å².